The first-order chi connectivity index (χ1) is 13.1. The van der Waals surface area contributed by atoms with Crippen LogP contribution in [0.4, 0.5) is 4.39 Å². The third-order valence-electron chi connectivity index (χ3n) is 5.83. The number of aromatic nitrogens is 1. The molecule has 2 heterocycles. The minimum atomic E-state index is -0.239. The van der Waals surface area contributed by atoms with Crippen LogP contribution >= 0.6 is 0 Å². The molecule has 2 aromatic carbocycles. The van der Waals surface area contributed by atoms with Crippen LogP contribution in [-0.4, -0.2) is 28.9 Å². The normalized spacial score (nSPS) is 16.6. The van der Waals surface area contributed by atoms with Crippen molar-refractivity contribution in [2.45, 2.75) is 38.0 Å². The van der Waals surface area contributed by atoms with Gasteiger partial charge >= 0.3 is 0 Å². The number of para-hydroxylation sites is 1. The third kappa shape index (κ3) is 3.75. The molecule has 0 aliphatic carbocycles. The van der Waals surface area contributed by atoms with Crippen LogP contribution < -0.4 is 0 Å². The molecule has 1 fully saturated rings. The molecule has 1 aliphatic heterocycles. The lowest BCUT2D eigenvalue weighted by atomic mass is 9.88. The standard InChI is InChI=1S/C23H25FN2O/c1-16(17-6-8-19(24)9-7-17)14-23(27)26-12-10-18(11-13-26)21-15-25-22-5-3-2-4-20(21)22/h2-9,15-16,18,25H,10-14H2,1H3. The van der Waals surface area contributed by atoms with Crippen LogP contribution in [0.25, 0.3) is 10.9 Å². The summed E-state index contributed by atoms with van der Waals surface area (Å²) in [6.45, 7) is 3.64. The van der Waals surface area contributed by atoms with Crippen LogP contribution in [0.3, 0.4) is 0 Å². The van der Waals surface area contributed by atoms with Gasteiger partial charge in [0.1, 0.15) is 5.82 Å². The van der Waals surface area contributed by atoms with E-state index in [1.807, 2.05) is 17.9 Å². The van der Waals surface area contributed by atoms with Crippen molar-refractivity contribution in [3.05, 3.63) is 71.7 Å². The van der Waals surface area contributed by atoms with Gasteiger partial charge in [-0.2, -0.15) is 0 Å². The van der Waals surface area contributed by atoms with Crippen LogP contribution in [0.15, 0.2) is 54.7 Å². The Morgan fingerprint density at radius 1 is 1.15 bits per heavy atom. The Balaban J connectivity index is 1.36. The van der Waals surface area contributed by atoms with E-state index in [9.17, 15) is 9.18 Å². The number of carbonyl (C=O) groups is 1. The number of hydrogen-bond donors (Lipinski definition) is 1. The average Bonchev–Trinajstić information content (AvgIpc) is 3.12. The van der Waals surface area contributed by atoms with Gasteiger partial charge in [-0.05, 0) is 54.0 Å². The van der Waals surface area contributed by atoms with Gasteiger partial charge in [-0.1, -0.05) is 37.3 Å². The van der Waals surface area contributed by atoms with Crippen molar-refractivity contribution in [2.24, 2.45) is 0 Å². The molecular formula is C23H25FN2O. The second-order valence-corrected chi connectivity index (χ2v) is 7.60. The lowest BCUT2D eigenvalue weighted by Gasteiger charge is -2.32. The van der Waals surface area contributed by atoms with Gasteiger partial charge in [0.15, 0.2) is 0 Å². The smallest absolute Gasteiger partial charge is 0.223 e. The van der Waals surface area contributed by atoms with E-state index in [4.69, 9.17) is 0 Å². The van der Waals surface area contributed by atoms with Gasteiger partial charge in [-0.3, -0.25) is 4.79 Å². The van der Waals surface area contributed by atoms with Gasteiger partial charge in [0.25, 0.3) is 0 Å². The molecule has 1 aliphatic rings. The van der Waals surface area contributed by atoms with E-state index >= 15 is 0 Å². The lowest BCUT2D eigenvalue weighted by Crippen LogP contribution is -2.38. The topological polar surface area (TPSA) is 36.1 Å². The van der Waals surface area contributed by atoms with Crippen molar-refractivity contribution in [1.82, 2.24) is 9.88 Å². The fourth-order valence-corrected chi connectivity index (χ4v) is 4.17. The largest absolute Gasteiger partial charge is 0.361 e. The van der Waals surface area contributed by atoms with Gasteiger partial charge in [0.2, 0.25) is 5.91 Å². The number of aromatic amines is 1. The predicted molar refractivity (Wildman–Crippen MR) is 106 cm³/mol. The summed E-state index contributed by atoms with van der Waals surface area (Å²) in [5, 5.41) is 1.30. The van der Waals surface area contributed by atoms with E-state index in [1.54, 1.807) is 12.1 Å². The molecule has 1 N–H and O–H groups in total. The molecule has 0 saturated carbocycles. The summed E-state index contributed by atoms with van der Waals surface area (Å²) in [7, 11) is 0. The summed E-state index contributed by atoms with van der Waals surface area (Å²) < 4.78 is 13.1. The highest BCUT2D eigenvalue weighted by molar-refractivity contribution is 5.83. The zero-order valence-electron chi connectivity index (χ0n) is 15.6. The maximum atomic E-state index is 13.1. The lowest BCUT2D eigenvalue weighted by molar-refractivity contribution is -0.132. The van der Waals surface area contributed by atoms with Crippen LogP contribution in [0.5, 0.6) is 0 Å². The second-order valence-electron chi connectivity index (χ2n) is 7.60. The van der Waals surface area contributed by atoms with Crippen LogP contribution in [0, 0.1) is 5.82 Å². The minimum Gasteiger partial charge on any atom is -0.361 e. The number of likely N-dealkylation sites (tertiary alicyclic amines) is 1. The van der Waals surface area contributed by atoms with Gasteiger partial charge < -0.3 is 9.88 Å². The van der Waals surface area contributed by atoms with Gasteiger partial charge in [-0.15, -0.1) is 0 Å². The molecule has 1 amide bonds. The number of amides is 1. The van der Waals surface area contributed by atoms with E-state index in [1.165, 1.54) is 28.6 Å². The Morgan fingerprint density at radius 2 is 1.85 bits per heavy atom. The number of nitrogens with zero attached hydrogens (tertiary/aromatic N) is 1. The Hall–Kier alpha value is -2.62. The molecule has 4 rings (SSSR count). The zero-order chi connectivity index (χ0) is 18.8. The average molecular weight is 364 g/mol. The molecule has 1 aromatic heterocycles. The Labute approximate surface area is 159 Å². The molecule has 0 spiro atoms. The number of hydrogen-bond acceptors (Lipinski definition) is 1. The fourth-order valence-electron chi connectivity index (χ4n) is 4.17. The molecule has 4 heteroatoms. The highest BCUT2D eigenvalue weighted by Gasteiger charge is 2.26. The summed E-state index contributed by atoms with van der Waals surface area (Å²) in [6, 6.07) is 14.9. The van der Waals surface area contributed by atoms with E-state index < -0.39 is 0 Å². The highest BCUT2D eigenvalue weighted by Crippen LogP contribution is 2.33. The first-order valence-electron chi connectivity index (χ1n) is 9.71. The predicted octanol–water partition coefficient (Wildman–Crippen LogP) is 5.21. The van der Waals surface area contributed by atoms with E-state index in [-0.39, 0.29) is 17.6 Å². The summed E-state index contributed by atoms with van der Waals surface area (Å²) in [5.41, 5.74) is 3.56. The molecule has 0 bridgehead atoms. The number of benzene rings is 2. The molecule has 0 radical (unpaired) electrons. The van der Waals surface area contributed by atoms with Crippen LogP contribution in [0.1, 0.15) is 49.1 Å². The number of piperidine rings is 1. The van der Waals surface area contributed by atoms with Gasteiger partial charge in [0.05, 0.1) is 0 Å². The summed E-state index contributed by atoms with van der Waals surface area (Å²) in [6.07, 6.45) is 4.60. The Bertz CT molecular complexity index is 923. The zero-order valence-corrected chi connectivity index (χ0v) is 15.6. The summed E-state index contributed by atoms with van der Waals surface area (Å²) in [5.74, 6) is 0.560. The number of H-pyrrole nitrogens is 1. The molecule has 140 valence electrons. The van der Waals surface area contributed by atoms with Gasteiger partial charge in [0, 0.05) is 36.6 Å². The number of halogens is 1. The molecule has 1 saturated heterocycles. The maximum absolute atomic E-state index is 13.1. The second kappa shape index (κ2) is 7.55. The monoisotopic (exact) mass is 364 g/mol. The van der Waals surface area contributed by atoms with Crippen molar-refractivity contribution in [3.8, 4) is 0 Å². The number of carbonyl (C=O) groups excluding carboxylic acids is 1. The van der Waals surface area contributed by atoms with E-state index in [2.05, 4.69) is 29.4 Å². The fraction of sp³-hybridized carbons (Fsp3) is 0.348. The van der Waals surface area contributed by atoms with Crippen LogP contribution in [0.2, 0.25) is 0 Å². The van der Waals surface area contributed by atoms with Crippen molar-refractivity contribution in [2.75, 3.05) is 13.1 Å². The first-order valence-corrected chi connectivity index (χ1v) is 9.71. The molecule has 1 unspecified atom stereocenters. The summed E-state index contributed by atoms with van der Waals surface area (Å²) >= 11 is 0. The van der Waals surface area contributed by atoms with Crippen molar-refractivity contribution in [3.63, 3.8) is 0 Å². The number of fused-ring (bicyclic) bond motifs is 1. The quantitative estimate of drug-likeness (QED) is 0.678. The van der Waals surface area contributed by atoms with Gasteiger partial charge in [-0.25, -0.2) is 4.39 Å². The maximum Gasteiger partial charge on any atom is 0.223 e. The van der Waals surface area contributed by atoms with Crippen molar-refractivity contribution < 1.29 is 9.18 Å². The Kier molecular flexibility index (Phi) is 4.97. The molecule has 3 aromatic rings. The molecular weight excluding hydrogens is 339 g/mol. The van der Waals surface area contributed by atoms with Crippen molar-refractivity contribution >= 4 is 16.8 Å². The van der Waals surface area contributed by atoms with E-state index in [0.29, 0.717) is 12.3 Å². The van der Waals surface area contributed by atoms with E-state index in [0.717, 1.165) is 31.5 Å². The minimum absolute atomic E-state index is 0.101. The number of rotatable bonds is 4. The summed E-state index contributed by atoms with van der Waals surface area (Å²) in [4.78, 5) is 18.1. The Morgan fingerprint density at radius 3 is 2.59 bits per heavy atom. The first kappa shape index (κ1) is 17.8. The highest BCUT2D eigenvalue weighted by atomic mass is 19.1. The molecule has 3 nitrogen and oxygen atoms in total. The SMILES string of the molecule is CC(CC(=O)N1CCC(c2c[nH]c3ccccc23)CC1)c1ccc(F)cc1. The van der Waals surface area contributed by atoms with Crippen LogP contribution in [-0.2, 0) is 4.79 Å². The molecule has 1 atom stereocenters. The van der Waals surface area contributed by atoms with Crippen molar-refractivity contribution in [1.29, 1.82) is 0 Å². The number of nitrogens with one attached hydrogen (secondary N) is 1. The third-order valence-corrected chi connectivity index (χ3v) is 5.83. The molecule has 27 heavy (non-hydrogen) atoms.